The molecule has 0 fully saturated rings. The quantitative estimate of drug-likeness (QED) is 0.434. The van der Waals surface area contributed by atoms with E-state index in [9.17, 15) is 0 Å². The first-order valence-electron chi connectivity index (χ1n) is 8.99. The molecule has 0 amide bonds. The van der Waals surface area contributed by atoms with Crippen LogP contribution in [0.3, 0.4) is 0 Å². The Morgan fingerprint density at radius 1 is 0.962 bits per heavy atom. The van der Waals surface area contributed by atoms with E-state index in [-0.39, 0.29) is 24.0 Å². The van der Waals surface area contributed by atoms with Gasteiger partial charge in [-0.3, -0.25) is 0 Å². The normalized spacial score (nSPS) is 14.4. The van der Waals surface area contributed by atoms with Gasteiger partial charge < -0.3 is 28.9 Å². The summed E-state index contributed by atoms with van der Waals surface area (Å²) in [6.07, 6.45) is 8.91. The number of fused-ring (bicyclic) bond motifs is 3. The number of aromatic nitrogens is 1. The third kappa shape index (κ3) is 3.28. The molecule has 0 N–H and O–H groups in total. The summed E-state index contributed by atoms with van der Waals surface area (Å²) in [7, 11) is 0. The number of rotatable bonds is 3. The molecule has 0 saturated heterocycles. The molecule has 2 nitrogen and oxygen atoms in total. The van der Waals surface area contributed by atoms with Crippen molar-refractivity contribution < 1.29 is 28.5 Å². The first-order chi connectivity index (χ1) is 12.3. The third-order valence-electron chi connectivity index (χ3n) is 4.92. The zero-order valence-corrected chi connectivity index (χ0v) is 17.3. The average molecular weight is 454 g/mol. The van der Waals surface area contributed by atoms with Crippen molar-refractivity contribution in [3.8, 4) is 0 Å². The lowest BCUT2D eigenvalue weighted by Gasteiger charge is -2.28. The van der Waals surface area contributed by atoms with Gasteiger partial charge in [-0.1, -0.05) is 36.4 Å². The van der Waals surface area contributed by atoms with Gasteiger partial charge in [0.1, 0.15) is 6.54 Å². The predicted octanol–water partition coefficient (Wildman–Crippen LogP) is 1.96. The summed E-state index contributed by atoms with van der Waals surface area (Å²) in [5.41, 5.74) is 5.11. The minimum absolute atomic E-state index is 0. The summed E-state index contributed by atoms with van der Waals surface area (Å²) in [6.45, 7) is 6.30. The van der Waals surface area contributed by atoms with Gasteiger partial charge in [0.2, 0.25) is 5.69 Å². The molecule has 1 aliphatic rings. The maximum atomic E-state index is 2.32. The molecule has 3 heteroatoms. The van der Waals surface area contributed by atoms with Gasteiger partial charge in [-0.2, -0.15) is 4.57 Å². The van der Waals surface area contributed by atoms with E-state index < -0.39 is 0 Å². The molecular formula is C23H23IN2. The molecule has 0 atom stereocenters. The topological polar surface area (TPSA) is 7.12 Å². The Bertz CT molecular complexity index is 988. The Hall–Kier alpha value is -2.14. The first-order valence-corrected chi connectivity index (χ1v) is 8.99. The molecule has 0 saturated carbocycles. The molecule has 0 aliphatic carbocycles. The number of nitrogens with zero attached hydrogens (tertiary/aromatic N) is 2. The summed E-state index contributed by atoms with van der Waals surface area (Å²) in [5, 5.41) is 2.60. The second-order valence-electron chi connectivity index (χ2n) is 6.29. The van der Waals surface area contributed by atoms with E-state index in [4.69, 9.17) is 0 Å². The highest BCUT2D eigenvalue weighted by Gasteiger charge is 2.19. The van der Waals surface area contributed by atoms with Crippen LogP contribution >= 0.6 is 0 Å². The highest BCUT2D eigenvalue weighted by atomic mass is 127. The van der Waals surface area contributed by atoms with Gasteiger partial charge in [-0.05, 0) is 42.3 Å². The molecule has 1 aromatic heterocycles. The second kappa shape index (κ2) is 8.04. The van der Waals surface area contributed by atoms with Gasteiger partial charge in [0, 0.05) is 36.5 Å². The SMILES string of the molecule is CCN1C=Cc2c(ccc3ccccc23)/C1=C/c1cccc[n+]1CC.[I-]. The Labute approximate surface area is 172 Å². The fourth-order valence-corrected chi connectivity index (χ4v) is 3.58. The van der Waals surface area contributed by atoms with Crippen molar-refractivity contribution in [3.63, 3.8) is 0 Å². The van der Waals surface area contributed by atoms with Crippen molar-refractivity contribution >= 4 is 28.6 Å². The zero-order chi connectivity index (χ0) is 17.2. The molecule has 0 bridgehead atoms. The van der Waals surface area contributed by atoms with Crippen LogP contribution in [0, 0.1) is 0 Å². The lowest BCUT2D eigenvalue weighted by atomic mass is 9.94. The predicted molar refractivity (Wildman–Crippen MR) is 106 cm³/mol. The Morgan fingerprint density at radius 3 is 2.58 bits per heavy atom. The van der Waals surface area contributed by atoms with E-state index in [0.29, 0.717) is 0 Å². The van der Waals surface area contributed by atoms with Crippen LogP contribution in [0.4, 0.5) is 0 Å². The Morgan fingerprint density at radius 2 is 1.77 bits per heavy atom. The summed E-state index contributed by atoms with van der Waals surface area (Å²) in [4.78, 5) is 2.32. The molecule has 0 spiro atoms. The maximum Gasteiger partial charge on any atom is 0.207 e. The molecule has 0 radical (unpaired) electrons. The van der Waals surface area contributed by atoms with Crippen molar-refractivity contribution in [2.24, 2.45) is 0 Å². The number of aryl methyl sites for hydroxylation is 1. The number of pyridine rings is 1. The van der Waals surface area contributed by atoms with Crippen LogP contribution in [0.2, 0.25) is 0 Å². The number of hydrogen-bond acceptors (Lipinski definition) is 1. The second-order valence-corrected chi connectivity index (χ2v) is 6.29. The van der Waals surface area contributed by atoms with E-state index in [0.717, 1.165) is 13.1 Å². The van der Waals surface area contributed by atoms with Gasteiger partial charge in [0.15, 0.2) is 6.20 Å². The summed E-state index contributed by atoms with van der Waals surface area (Å²) in [6, 6.07) is 19.5. The van der Waals surface area contributed by atoms with Crippen LogP contribution in [0.25, 0.3) is 28.6 Å². The minimum Gasteiger partial charge on any atom is -1.00 e. The molecular weight excluding hydrogens is 431 g/mol. The molecule has 132 valence electrons. The number of hydrogen-bond donors (Lipinski definition) is 0. The van der Waals surface area contributed by atoms with Gasteiger partial charge in [-0.25, -0.2) is 0 Å². The van der Waals surface area contributed by atoms with Crippen molar-refractivity contribution in [1.82, 2.24) is 4.90 Å². The van der Waals surface area contributed by atoms with E-state index in [1.54, 1.807) is 0 Å². The van der Waals surface area contributed by atoms with E-state index >= 15 is 0 Å². The van der Waals surface area contributed by atoms with Crippen LogP contribution in [0.5, 0.6) is 0 Å². The molecule has 2 heterocycles. The van der Waals surface area contributed by atoms with E-state index in [1.807, 2.05) is 0 Å². The van der Waals surface area contributed by atoms with Gasteiger partial charge in [-0.15, -0.1) is 0 Å². The van der Waals surface area contributed by atoms with E-state index in [2.05, 4.69) is 102 Å². The Balaban J connectivity index is 0.00000196. The maximum absolute atomic E-state index is 2.32. The molecule has 2 aromatic carbocycles. The molecule has 26 heavy (non-hydrogen) atoms. The Kier molecular flexibility index (Phi) is 5.77. The van der Waals surface area contributed by atoms with Crippen molar-refractivity contribution in [3.05, 3.63) is 83.8 Å². The van der Waals surface area contributed by atoms with Crippen molar-refractivity contribution in [1.29, 1.82) is 0 Å². The first kappa shape index (κ1) is 18.6. The highest BCUT2D eigenvalue weighted by Crippen LogP contribution is 2.35. The van der Waals surface area contributed by atoms with Crippen LogP contribution < -0.4 is 28.5 Å². The monoisotopic (exact) mass is 454 g/mol. The molecule has 4 rings (SSSR count). The average Bonchev–Trinajstić information content (AvgIpc) is 2.68. The fourth-order valence-electron chi connectivity index (χ4n) is 3.58. The van der Waals surface area contributed by atoms with E-state index in [1.165, 1.54) is 33.3 Å². The van der Waals surface area contributed by atoms with Gasteiger partial charge in [0.05, 0.1) is 5.70 Å². The van der Waals surface area contributed by atoms with Crippen LogP contribution in [-0.4, -0.2) is 11.4 Å². The minimum atomic E-state index is 0. The van der Waals surface area contributed by atoms with Crippen molar-refractivity contribution in [2.75, 3.05) is 6.54 Å². The molecule has 3 aromatic rings. The van der Waals surface area contributed by atoms with Gasteiger partial charge in [0.25, 0.3) is 0 Å². The van der Waals surface area contributed by atoms with Crippen LogP contribution in [-0.2, 0) is 6.54 Å². The lowest BCUT2D eigenvalue weighted by molar-refractivity contribution is -0.695. The van der Waals surface area contributed by atoms with Crippen LogP contribution in [0.15, 0.2) is 67.0 Å². The smallest absolute Gasteiger partial charge is 0.207 e. The largest absolute Gasteiger partial charge is 1.00 e. The summed E-state index contributed by atoms with van der Waals surface area (Å²) in [5.74, 6) is 0. The third-order valence-corrected chi connectivity index (χ3v) is 4.92. The molecule has 1 aliphatic heterocycles. The summed E-state index contributed by atoms with van der Waals surface area (Å²) >= 11 is 0. The fraction of sp³-hybridized carbons (Fsp3) is 0.174. The standard InChI is InChI=1S/C23H23N2.HI/c1-3-24-15-8-7-10-19(24)17-23-22-13-12-18-9-5-6-11-20(18)21(22)14-16-25(23)4-2;/h5-17H,3-4H2,1-2H3;1H/q+1;/p-1. The molecule has 0 unspecified atom stereocenters. The lowest BCUT2D eigenvalue weighted by Crippen LogP contribution is -3.00. The number of benzene rings is 2. The van der Waals surface area contributed by atoms with Crippen molar-refractivity contribution in [2.45, 2.75) is 20.4 Å². The zero-order valence-electron chi connectivity index (χ0n) is 15.2. The van der Waals surface area contributed by atoms with Gasteiger partial charge >= 0.3 is 0 Å². The van der Waals surface area contributed by atoms with Crippen LogP contribution in [0.1, 0.15) is 30.7 Å². The summed E-state index contributed by atoms with van der Waals surface area (Å²) < 4.78 is 2.28. The number of halogens is 1. The highest BCUT2D eigenvalue weighted by molar-refractivity contribution is 5.99.